The maximum Gasteiger partial charge on any atom is 0.129 e. The van der Waals surface area contributed by atoms with E-state index < -0.39 is 0 Å². The molecule has 0 bridgehead atoms. The van der Waals surface area contributed by atoms with Crippen LogP contribution in [0.1, 0.15) is 166 Å². The van der Waals surface area contributed by atoms with Gasteiger partial charge in [-0.25, -0.2) is 34.9 Å². The van der Waals surface area contributed by atoms with Crippen molar-refractivity contribution in [3.8, 4) is 0 Å². The van der Waals surface area contributed by atoms with Gasteiger partial charge in [-0.05, 0) is 183 Å². The summed E-state index contributed by atoms with van der Waals surface area (Å²) in [6.45, 7) is 54.0. The van der Waals surface area contributed by atoms with E-state index in [0.717, 1.165) is 63.3 Å². The van der Waals surface area contributed by atoms with E-state index in [1.54, 1.807) is 0 Å². The Bertz CT molecular complexity index is 2930. The van der Waals surface area contributed by atoms with Crippen molar-refractivity contribution in [1.29, 1.82) is 0 Å². The highest BCUT2D eigenvalue weighted by Crippen LogP contribution is 2.27. The summed E-state index contributed by atoms with van der Waals surface area (Å²) in [6.07, 6.45) is 0. The Morgan fingerprint density at radius 3 is 0.701 bits per heavy atom. The molecule has 6 heterocycles. The van der Waals surface area contributed by atoms with Gasteiger partial charge in [0.2, 0.25) is 0 Å². The highest BCUT2D eigenvalue weighted by Gasteiger charge is 2.05. The molecule has 0 fully saturated rings. The van der Waals surface area contributed by atoms with Crippen molar-refractivity contribution in [2.24, 2.45) is 14.1 Å². The molecule has 0 aliphatic rings. The second kappa shape index (κ2) is 46.0. The fraction of sp³-hybridized carbons (Fsp3) is 0.377. The second-order valence-corrected chi connectivity index (χ2v) is 19.6. The molecular weight excluding hydrogens is 1060 g/mol. The highest BCUT2D eigenvalue weighted by molar-refractivity contribution is 6.07. The van der Waals surface area contributed by atoms with E-state index in [-0.39, 0.29) is 0 Å². The average molecular weight is 1180 g/mol. The van der Waals surface area contributed by atoms with Gasteiger partial charge in [0.15, 0.2) is 0 Å². The number of nitrogens with zero attached hydrogens (tertiary/aromatic N) is 10. The first-order chi connectivity index (χ1) is 41.5. The number of aromatic nitrogens is 10. The van der Waals surface area contributed by atoms with E-state index in [9.17, 15) is 0 Å². The van der Waals surface area contributed by atoms with E-state index in [2.05, 4.69) is 244 Å². The monoisotopic (exact) mass is 1180 g/mol. The minimum absolute atomic E-state index is 0.792. The molecule has 0 unspecified atom stereocenters. The molecule has 6 aromatic heterocycles. The molecule has 11 rings (SSSR count). The largest absolute Gasteiger partial charge is 0.352 e. The second-order valence-electron chi connectivity index (χ2n) is 19.6. The van der Waals surface area contributed by atoms with Crippen LogP contribution < -0.4 is 0 Å². The van der Waals surface area contributed by atoms with E-state index in [1.165, 1.54) is 66.2 Å². The lowest BCUT2D eigenvalue weighted by molar-refractivity contribution is 0.844. The van der Waals surface area contributed by atoms with Gasteiger partial charge < -0.3 is 9.13 Å². The zero-order valence-electron chi connectivity index (χ0n) is 59.4. The molecule has 10 nitrogen and oxygen atoms in total. The summed E-state index contributed by atoms with van der Waals surface area (Å²) >= 11 is 0. The van der Waals surface area contributed by atoms with Crippen LogP contribution in [0.15, 0.2) is 152 Å². The lowest BCUT2D eigenvalue weighted by Gasteiger charge is -1.96. The van der Waals surface area contributed by atoms with E-state index in [4.69, 9.17) is 0 Å². The molecule has 10 heteroatoms. The molecule has 11 aromatic rings. The number of rotatable bonds is 0. The number of benzene rings is 5. The van der Waals surface area contributed by atoms with Gasteiger partial charge >= 0.3 is 0 Å². The molecule has 0 saturated carbocycles. The minimum atomic E-state index is 0.792. The third-order valence-corrected chi connectivity index (χ3v) is 11.9. The SMILES string of the molecule is CC.CC.CC.CC.CC.Cc1cc(C)cc(C)c1.Cc1cc(C)nc(C)c1.Cc1cc(C)nc(C)n1.Cc1cc(C)nc(C)n1.Cc1ccc(C)n1C.Cc1nc(C)nc(C)n1.Cn1c2ccccc2c2ccccc21.c1ccc2ccccc2c1. The van der Waals surface area contributed by atoms with Crippen LogP contribution in [-0.4, -0.2) is 49.0 Å². The number of pyridine rings is 1. The lowest BCUT2D eigenvalue weighted by Crippen LogP contribution is -1.97. The van der Waals surface area contributed by atoms with Crippen molar-refractivity contribution in [2.45, 2.75) is 187 Å². The van der Waals surface area contributed by atoms with Gasteiger partial charge in [-0.15, -0.1) is 0 Å². The summed E-state index contributed by atoms with van der Waals surface area (Å²) < 4.78 is 4.41. The van der Waals surface area contributed by atoms with Crippen LogP contribution in [0.5, 0.6) is 0 Å². The molecule has 470 valence electrons. The van der Waals surface area contributed by atoms with Crippen LogP contribution in [0.4, 0.5) is 0 Å². The first-order valence-electron chi connectivity index (χ1n) is 31.1. The minimum Gasteiger partial charge on any atom is -0.352 e. The summed E-state index contributed by atoms with van der Waals surface area (Å²) in [5, 5.41) is 5.30. The summed E-state index contributed by atoms with van der Waals surface area (Å²) in [6, 6.07) is 52.6. The molecule has 0 aliphatic carbocycles. The van der Waals surface area contributed by atoms with Crippen LogP contribution in [0.3, 0.4) is 0 Å². The van der Waals surface area contributed by atoms with Gasteiger partial charge in [0.05, 0.1) is 0 Å². The van der Waals surface area contributed by atoms with Crippen molar-refractivity contribution in [2.75, 3.05) is 0 Å². The van der Waals surface area contributed by atoms with Crippen molar-refractivity contribution in [3.05, 3.63) is 249 Å². The standard InChI is InChI=1S/C13H11N.C10H8.C9H12.C8H11N.2C7H10N2.C7H11N.C6H9N3.5C2H6/c1-14-12-8-4-2-6-10(12)11-7-3-5-9-13(11)14;1-2-6-10-8-4-3-7-9(10)5-1;1-7-4-8(2)6-9(3)5-7;1-6-4-7(2)9-8(3)5-6;2*1-5-4-6(2)9-7(3)8-5;1-6-4-5-7(2)8(6)3;1-4-7-5(2)9-6(3)8-4;5*1-2/h2-9H,1H3;1-8H;4-6H,1-3H3;4-5H,1-3H3;2*4H,1-3H3;4-5H,1-3H3;1-3H3;5*1-2H3. The van der Waals surface area contributed by atoms with Crippen molar-refractivity contribution in [3.63, 3.8) is 0 Å². The Kier molecular flexibility index (Phi) is 42.8. The normalized spacial score (nSPS) is 9.21. The predicted octanol–water partition coefficient (Wildman–Crippen LogP) is 21.2. The van der Waals surface area contributed by atoms with Gasteiger partial charge in [0.25, 0.3) is 0 Å². The summed E-state index contributed by atoms with van der Waals surface area (Å²) in [4.78, 5) is 32.8. The molecule has 0 amide bonds. The molecule has 0 radical (unpaired) electrons. The third-order valence-electron chi connectivity index (χ3n) is 11.9. The van der Waals surface area contributed by atoms with Crippen LogP contribution in [0, 0.1) is 118 Å². The van der Waals surface area contributed by atoms with E-state index >= 15 is 0 Å². The van der Waals surface area contributed by atoms with Crippen LogP contribution >= 0.6 is 0 Å². The maximum absolute atomic E-state index is 4.23. The Hall–Kier alpha value is -8.24. The lowest BCUT2D eigenvalue weighted by atomic mass is 10.1. The molecule has 87 heavy (non-hydrogen) atoms. The number of para-hydroxylation sites is 2. The van der Waals surface area contributed by atoms with Crippen LogP contribution in [0.25, 0.3) is 32.6 Å². The van der Waals surface area contributed by atoms with Gasteiger partial charge in [0.1, 0.15) is 29.1 Å². The molecule has 0 saturated heterocycles. The fourth-order valence-electron chi connectivity index (χ4n) is 8.82. The van der Waals surface area contributed by atoms with E-state index in [0.29, 0.717) is 0 Å². The summed E-state index contributed by atoms with van der Waals surface area (Å²) in [5.74, 6) is 4.08. The van der Waals surface area contributed by atoms with Crippen molar-refractivity contribution < 1.29 is 0 Å². The number of aryl methyl sites for hydroxylation is 18. The highest BCUT2D eigenvalue weighted by atomic mass is 15.0. The first-order valence-corrected chi connectivity index (χ1v) is 31.1. The quantitative estimate of drug-likeness (QED) is 0.148. The third kappa shape index (κ3) is 32.7. The predicted molar refractivity (Wildman–Crippen MR) is 382 cm³/mol. The van der Waals surface area contributed by atoms with Gasteiger partial charge in [-0.3, -0.25) is 4.98 Å². The topological polar surface area (TPSA) is 113 Å². The van der Waals surface area contributed by atoms with Crippen molar-refractivity contribution >= 4 is 32.6 Å². The Labute approximate surface area is 528 Å². The van der Waals surface area contributed by atoms with Gasteiger partial charge in [-0.1, -0.05) is 189 Å². The first kappa shape index (κ1) is 80.8. The number of fused-ring (bicyclic) bond motifs is 4. The Morgan fingerprint density at radius 1 is 0.230 bits per heavy atom. The van der Waals surface area contributed by atoms with Gasteiger partial charge in [0, 0.05) is 81.5 Å². The molecule has 5 aromatic carbocycles. The molecule has 0 spiro atoms. The smallest absolute Gasteiger partial charge is 0.129 e. The fourth-order valence-corrected chi connectivity index (χ4v) is 8.82. The Balaban J connectivity index is 0. The zero-order chi connectivity index (χ0) is 66.8. The van der Waals surface area contributed by atoms with Crippen molar-refractivity contribution in [1.82, 2.24) is 49.0 Å². The number of hydrogen-bond donors (Lipinski definition) is 0. The molecule has 0 N–H and O–H groups in total. The Morgan fingerprint density at radius 2 is 0.460 bits per heavy atom. The van der Waals surface area contributed by atoms with Crippen LogP contribution in [-0.2, 0) is 14.1 Å². The molecule has 0 aliphatic heterocycles. The summed E-state index contributed by atoms with van der Waals surface area (Å²) in [5.41, 5.74) is 17.0. The van der Waals surface area contributed by atoms with Crippen LogP contribution in [0.2, 0.25) is 0 Å². The molecular formula is C77H112N10. The maximum atomic E-state index is 4.23. The molecule has 0 atom stereocenters. The average Bonchev–Trinajstić information content (AvgIpc) is 2.06. The van der Waals surface area contributed by atoms with Gasteiger partial charge in [-0.2, -0.15) is 0 Å². The van der Waals surface area contributed by atoms with E-state index in [1.807, 2.05) is 158 Å². The zero-order valence-corrected chi connectivity index (χ0v) is 59.4. The summed E-state index contributed by atoms with van der Waals surface area (Å²) in [7, 11) is 4.19. The number of hydrogen-bond acceptors (Lipinski definition) is 8.